The van der Waals surface area contributed by atoms with Gasteiger partial charge in [-0.15, -0.1) is 0 Å². The van der Waals surface area contributed by atoms with Crippen molar-refractivity contribution in [1.82, 2.24) is 0 Å². The molecule has 0 aromatic heterocycles. The molecular weight excluding hydrogens is 628 g/mol. The van der Waals surface area contributed by atoms with E-state index < -0.39 is 69.8 Å². The SMILES string of the molecule is C[C@H]1[C@@H](C)CCC[C@]2(O[C@H]3C[C@]4(O)C5=CC(=O)[C@H]6[C@@H](c7cc(O)cc(O)c7)[C@@H](O)[C@@H](OCCCO)C[C@]6(C)[C@@H]5CC[C@]4(C)[C@@H]3[C@@]2(C)O)[C@H]1O. The number of phenolic OH excluding ortho intramolecular Hbond substituents is 2. The maximum absolute atomic E-state index is 14.5. The molecule has 0 radical (unpaired) electrons. The quantitative estimate of drug-likeness (QED) is 0.226. The predicted octanol–water partition coefficient (Wildman–Crippen LogP) is 3.72. The first-order valence-corrected chi connectivity index (χ1v) is 18.5. The molecule has 1 spiro atoms. The molecule has 0 unspecified atom stereocenters. The van der Waals surface area contributed by atoms with Gasteiger partial charge in [0.05, 0.1) is 35.6 Å². The van der Waals surface area contributed by atoms with Gasteiger partial charge in [0.1, 0.15) is 17.1 Å². The van der Waals surface area contributed by atoms with Crippen molar-refractivity contribution >= 4 is 5.78 Å². The van der Waals surface area contributed by atoms with Crippen molar-refractivity contribution in [1.29, 1.82) is 0 Å². The first kappa shape index (κ1) is 35.4. The number of ether oxygens (including phenoxy) is 2. The molecule has 1 saturated heterocycles. The number of allylic oxidation sites excluding steroid dienone is 1. The number of hydrogen-bond donors (Lipinski definition) is 7. The molecule has 10 nitrogen and oxygen atoms in total. The zero-order chi connectivity index (χ0) is 35.5. The number of carbonyl (C=O) groups excluding carboxylic acids is 1. The van der Waals surface area contributed by atoms with Gasteiger partial charge in [-0.2, -0.15) is 0 Å². The van der Waals surface area contributed by atoms with Crippen molar-refractivity contribution in [3.8, 4) is 11.5 Å². The molecule has 7 rings (SSSR count). The predicted molar refractivity (Wildman–Crippen MR) is 180 cm³/mol. The highest BCUT2D eigenvalue weighted by Gasteiger charge is 2.79. The van der Waals surface area contributed by atoms with Crippen LogP contribution in [0.1, 0.15) is 97.5 Å². The van der Waals surface area contributed by atoms with Crippen molar-refractivity contribution < 1.29 is 50.0 Å². The number of carbonyl (C=O) groups is 1. The lowest BCUT2D eigenvalue weighted by Gasteiger charge is -2.62. The van der Waals surface area contributed by atoms with Crippen LogP contribution in [0.5, 0.6) is 11.5 Å². The molecule has 7 N–H and O–H groups in total. The fraction of sp³-hybridized carbons (Fsp3) is 0.769. The molecule has 1 aromatic rings. The zero-order valence-electron chi connectivity index (χ0n) is 29.5. The van der Waals surface area contributed by atoms with E-state index in [9.17, 15) is 40.5 Å². The number of aromatic hydroxyl groups is 2. The van der Waals surface area contributed by atoms with Crippen LogP contribution in [0.2, 0.25) is 0 Å². The second-order valence-electron chi connectivity index (χ2n) is 17.4. The summed E-state index contributed by atoms with van der Waals surface area (Å²) in [4.78, 5) is 14.5. The number of aliphatic hydroxyl groups excluding tert-OH is 3. The lowest BCUT2D eigenvalue weighted by Crippen LogP contribution is -2.67. The highest BCUT2D eigenvalue weighted by Crippen LogP contribution is 2.73. The van der Waals surface area contributed by atoms with E-state index in [2.05, 4.69) is 6.92 Å². The summed E-state index contributed by atoms with van der Waals surface area (Å²) in [6.07, 6.45) is 2.74. The first-order chi connectivity index (χ1) is 23.0. The maximum Gasteiger partial charge on any atom is 0.160 e. The van der Waals surface area contributed by atoms with Gasteiger partial charge in [-0.1, -0.05) is 40.5 Å². The van der Waals surface area contributed by atoms with Gasteiger partial charge in [0.25, 0.3) is 0 Å². The number of aliphatic hydroxyl groups is 5. The topological polar surface area (TPSA) is 177 Å². The lowest BCUT2D eigenvalue weighted by atomic mass is 9.43. The van der Waals surface area contributed by atoms with E-state index in [-0.39, 0.29) is 54.7 Å². The zero-order valence-corrected chi connectivity index (χ0v) is 29.5. The van der Waals surface area contributed by atoms with Gasteiger partial charge in [-0.05, 0) is 91.5 Å². The number of ketones is 1. The van der Waals surface area contributed by atoms with Crippen LogP contribution >= 0.6 is 0 Å². The molecule has 5 fully saturated rings. The van der Waals surface area contributed by atoms with E-state index in [1.54, 1.807) is 13.0 Å². The van der Waals surface area contributed by atoms with Gasteiger partial charge < -0.3 is 45.2 Å². The molecule has 15 atom stereocenters. The average Bonchev–Trinajstić information content (AvgIpc) is 3.35. The fourth-order valence-electron chi connectivity index (χ4n) is 12.5. The summed E-state index contributed by atoms with van der Waals surface area (Å²) in [6.45, 7) is 10.1. The van der Waals surface area contributed by atoms with Crippen LogP contribution in [0.25, 0.3) is 0 Å². The molecule has 0 bridgehead atoms. The summed E-state index contributed by atoms with van der Waals surface area (Å²) in [5.41, 5.74) is -4.61. The summed E-state index contributed by atoms with van der Waals surface area (Å²) in [6, 6.07) is 4.15. The van der Waals surface area contributed by atoms with Gasteiger partial charge in [0, 0.05) is 48.9 Å². The van der Waals surface area contributed by atoms with Crippen LogP contribution in [0.15, 0.2) is 29.8 Å². The third kappa shape index (κ3) is 4.73. The summed E-state index contributed by atoms with van der Waals surface area (Å²) >= 11 is 0. The average molecular weight is 685 g/mol. The lowest BCUT2D eigenvalue weighted by molar-refractivity contribution is -0.223. The molecule has 272 valence electrons. The normalized spacial score (nSPS) is 50.7. The van der Waals surface area contributed by atoms with Crippen LogP contribution in [-0.2, 0) is 14.3 Å². The van der Waals surface area contributed by atoms with Crippen molar-refractivity contribution in [2.45, 2.75) is 133 Å². The van der Waals surface area contributed by atoms with E-state index in [0.29, 0.717) is 43.2 Å². The van der Waals surface area contributed by atoms with Gasteiger partial charge in [0.15, 0.2) is 5.78 Å². The molecular formula is C39H56O10. The number of fused-ring (bicyclic) bond motifs is 7. The van der Waals surface area contributed by atoms with Crippen LogP contribution in [0, 0.1) is 40.4 Å². The Hall–Kier alpha value is -2.05. The Morgan fingerprint density at radius 2 is 1.67 bits per heavy atom. The maximum atomic E-state index is 14.5. The fourth-order valence-corrected chi connectivity index (χ4v) is 12.5. The second-order valence-corrected chi connectivity index (χ2v) is 17.4. The van der Waals surface area contributed by atoms with Gasteiger partial charge in [-0.3, -0.25) is 4.79 Å². The summed E-state index contributed by atoms with van der Waals surface area (Å²) in [7, 11) is 0. The van der Waals surface area contributed by atoms with Crippen molar-refractivity contribution in [2.24, 2.45) is 40.4 Å². The Labute approximate surface area is 289 Å². The van der Waals surface area contributed by atoms with E-state index in [1.807, 2.05) is 20.8 Å². The molecule has 49 heavy (non-hydrogen) atoms. The van der Waals surface area contributed by atoms with E-state index in [4.69, 9.17) is 9.47 Å². The van der Waals surface area contributed by atoms with Gasteiger partial charge >= 0.3 is 0 Å². The summed E-state index contributed by atoms with van der Waals surface area (Å²) < 4.78 is 13.1. The molecule has 1 aliphatic heterocycles. The minimum atomic E-state index is -1.46. The molecule has 10 heteroatoms. The Bertz CT molecular complexity index is 1490. The van der Waals surface area contributed by atoms with Crippen molar-refractivity contribution in [3.63, 3.8) is 0 Å². The number of benzene rings is 1. The van der Waals surface area contributed by atoms with Gasteiger partial charge in [-0.25, -0.2) is 0 Å². The van der Waals surface area contributed by atoms with Crippen molar-refractivity contribution in [2.75, 3.05) is 13.2 Å². The van der Waals surface area contributed by atoms with Crippen LogP contribution < -0.4 is 0 Å². The largest absolute Gasteiger partial charge is 0.508 e. The molecule has 1 aromatic carbocycles. The highest BCUT2D eigenvalue weighted by atomic mass is 16.6. The summed E-state index contributed by atoms with van der Waals surface area (Å²) in [5, 5.41) is 79.5. The highest BCUT2D eigenvalue weighted by molar-refractivity contribution is 5.96. The van der Waals surface area contributed by atoms with Crippen LogP contribution in [-0.4, -0.2) is 96.0 Å². The monoisotopic (exact) mass is 684 g/mol. The summed E-state index contributed by atoms with van der Waals surface area (Å²) in [5.74, 6) is -2.67. The van der Waals surface area contributed by atoms with E-state index >= 15 is 0 Å². The van der Waals surface area contributed by atoms with Crippen LogP contribution in [0.4, 0.5) is 0 Å². The van der Waals surface area contributed by atoms with Crippen LogP contribution in [0.3, 0.4) is 0 Å². The third-order valence-electron chi connectivity index (χ3n) is 15.0. The molecule has 6 aliphatic rings. The van der Waals surface area contributed by atoms with Gasteiger partial charge in [0.2, 0.25) is 0 Å². The second kappa shape index (κ2) is 11.7. The number of rotatable bonds is 5. The standard InChI is InChI=1S/C39H56O10/c1-20-8-6-10-39(34(45)21(20)2)37(5,46)33-29(49-39)19-38(47)26-17-27(43)31-30(22-14-23(41)16-24(42)15-22)32(44)28(48-13-7-12-40)18-35(31,3)25(26)9-11-36(33,38)4/h14-17,20-21,25,28-34,40-42,44-47H,6-13,18-19H2,1-5H3/t20-,21-,25+,28-,29-,30+,31-,32-,33+,34-,35+,36+,37+,38-,39-/m0/s1. The Morgan fingerprint density at radius 3 is 2.35 bits per heavy atom. The Morgan fingerprint density at radius 1 is 0.980 bits per heavy atom. The molecule has 1 heterocycles. The number of hydrogen-bond acceptors (Lipinski definition) is 10. The van der Waals surface area contributed by atoms with E-state index in [1.165, 1.54) is 18.2 Å². The van der Waals surface area contributed by atoms with Crippen molar-refractivity contribution in [3.05, 3.63) is 35.4 Å². The smallest absolute Gasteiger partial charge is 0.160 e. The Kier molecular flexibility index (Phi) is 8.47. The molecule has 0 amide bonds. The molecule has 5 aliphatic carbocycles. The first-order valence-electron chi connectivity index (χ1n) is 18.5. The minimum absolute atomic E-state index is 0.0682. The third-order valence-corrected chi connectivity index (χ3v) is 15.0. The Balaban J connectivity index is 1.29. The van der Waals surface area contributed by atoms with E-state index in [0.717, 1.165) is 12.8 Å². The minimum Gasteiger partial charge on any atom is -0.508 e. The number of phenols is 2. The molecule has 4 saturated carbocycles.